The molecule has 0 spiro atoms. The third-order valence-electron chi connectivity index (χ3n) is 0.174. The molecule has 0 saturated carbocycles. The van der Waals surface area contributed by atoms with Crippen molar-refractivity contribution < 1.29 is 21.7 Å². The fourth-order valence-corrected chi connectivity index (χ4v) is 0.0722. The first-order valence-electron chi connectivity index (χ1n) is 1.22. The van der Waals surface area contributed by atoms with Gasteiger partial charge in [0.25, 0.3) is 0 Å². The van der Waals surface area contributed by atoms with E-state index in [2.05, 4.69) is 23.3 Å². The topological polar surface area (TPSA) is 9.23 Å². The molecule has 1 nitrogen and oxygen atoms in total. The van der Waals surface area contributed by atoms with Gasteiger partial charge in [-0.05, 0) is 6.26 Å². The van der Waals surface area contributed by atoms with Crippen LogP contribution in [0.5, 0.6) is 0 Å². The Kier molecular flexibility index (Phi) is 35.8. The molecular weight excluding hydrogens is 168 g/mol. The minimum atomic E-state index is 0. The smallest absolute Gasteiger partial charge is 1.00 e. The van der Waals surface area contributed by atoms with Crippen LogP contribution in [-0.2, 0) is 4.74 Å². The Morgan fingerprint density at radius 2 is 2.14 bits per heavy atom. The maximum atomic E-state index is 4.27. The molecule has 0 aromatic heterocycles. The van der Waals surface area contributed by atoms with E-state index in [1.807, 2.05) is 0 Å². The monoisotopic (exact) mass is 172 g/mol. The van der Waals surface area contributed by atoms with Crippen LogP contribution in [-0.4, -0.2) is 30.2 Å². The first kappa shape index (κ1) is 15.6. The van der Waals surface area contributed by atoms with Gasteiger partial charge in [-0.15, -0.1) is 0 Å². The second-order valence-corrected chi connectivity index (χ2v) is 0.483. The van der Waals surface area contributed by atoms with Gasteiger partial charge in [-0.2, -0.15) is 0 Å². The SMILES string of the molecule is C=C=[C-]OC.[Br-].[Mg+2]. The zero-order valence-corrected chi connectivity index (χ0v) is 7.20. The van der Waals surface area contributed by atoms with Gasteiger partial charge < -0.3 is 21.7 Å². The van der Waals surface area contributed by atoms with Crippen LogP contribution in [0.25, 0.3) is 0 Å². The van der Waals surface area contributed by atoms with E-state index in [1.165, 1.54) is 7.11 Å². The van der Waals surface area contributed by atoms with Crippen molar-refractivity contribution in [1.82, 2.24) is 0 Å². The summed E-state index contributed by atoms with van der Waals surface area (Å²) in [6.45, 7) is 3.19. The summed E-state index contributed by atoms with van der Waals surface area (Å²) in [5.74, 6) is 0. The predicted molar refractivity (Wildman–Crippen MR) is 25.1 cm³/mol. The Morgan fingerprint density at radius 3 is 2.14 bits per heavy atom. The van der Waals surface area contributed by atoms with Crippen molar-refractivity contribution >= 4 is 23.1 Å². The Bertz CT molecular complexity index is 58.7. The Labute approximate surface area is 70.4 Å². The molecule has 0 aliphatic heterocycles. The van der Waals surface area contributed by atoms with E-state index >= 15 is 0 Å². The minimum absolute atomic E-state index is 0. The first-order valence-corrected chi connectivity index (χ1v) is 1.22. The maximum Gasteiger partial charge on any atom is 2.00 e. The van der Waals surface area contributed by atoms with Gasteiger partial charge in [-0.1, -0.05) is 0 Å². The molecule has 0 aromatic rings. The van der Waals surface area contributed by atoms with E-state index in [0.29, 0.717) is 0 Å². The van der Waals surface area contributed by atoms with Gasteiger partial charge in [0.2, 0.25) is 0 Å². The zero-order valence-electron chi connectivity index (χ0n) is 4.20. The third kappa shape index (κ3) is 20.8. The van der Waals surface area contributed by atoms with Gasteiger partial charge in [0.1, 0.15) is 0 Å². The molecule has 0 N–H and O–H groups in total. The maximum absolute atomic E-state index is 4.27. The summed E-state index contributed by atoms with van der Waals surface area (Å²) in [4.78, 5) is 0. The van der Waals surface area contributed by atoms with Crippen LogP contribution >= 0.6 is 0 Å². The van der Waals surface area contributed by atoms with E-state index < -0.39 is 0 Å². The summed E-state index contributed by atoms with van der Waals surface area (Å²) in [7, 11) is 1.50. The molecule has 0 amide bonds. The predicted octanol–water partition coefficient (Wildman–Crippen LogP) is -2.64. The average molecular weight is 173 g/mol. The van der Waals surface area contributed by atoms with Crippen molar-refractivity contribution in [3.05, 3.63) is 18.6 Å². The summed E-state index contributed by atoms with van der Waals surface area (Å²) >= 11 is 0. The summed E-state index contributed by atoms with van der Waals surface area (Å²) in [5.41, 5.74) is 2.30. The number of ether oxygens (including phenoxy) is 1. The molecule has 0 heterocycles. The summed E-state index contributed by atoms with van der Waals surface area (Å²) < 4.78 is 4.27. The third-order valence-corrected chi connectivity index (χ3v) is 0.174. The van der Waals surface area contributed by atoms with E-state index in [0.717, 1.165) is 0 Å². The van der Waals surface area contributed by atoms with E-state index in [4.69, 9.17) is 0 Å². The van der Waals surface area contributed by atoms with Crippen LogP contribution in [0.15, 0.2) is 12.3 Å². The van der Waals surface area contributed by atoms with Crippen molar-refractivity contribution in [2.75, 3.05) is 7.11 Å². The molecule has 0 saturated heterocycles. The summed E-state index contributed by atoms with van der Waals surface area (Å²) in [6, 6.07) is 0. The van der Waals surface area contributed by atoms with Crippen molar-refractivity contribution in [3.63, 3.8) is 0 Å². The Morgan fingerprint density at radius 1 is 1.71 bits per heavy atom. The second kappa shape index (κ2) is 16.0. The molecule has 0 atom stereocenters. The Balaban J connectivity index is -0.0000000800. The van der Waals surface area contributed by atoms with Crippen molar-refractivity contribution in [3.8, 4) is 0 Å². The number of rotatable bonds is 1. The normalized spacial score (nSPS) is 3.57. The minimum Gasteiger partial charge on any atom is -1.00 e. The van der Waals surface area contributed by atoms with E-state index in [-0.39, 0.29) is 40.0 Å². The molecule has 0 bridgehead atoms. The van der Waals surface area contributed by atoms with Crippen LogP contribution in [0, 0.1) is 6.26 Å². The molecule has 0 rings (SSSR count). The number of methoxy groups -OCH3 is 1. The van der Waals surface area contributed by atoms with Gasteiger partial charge in [-0.3, -0.25) is 5.73 Å². The van der Waals surface area contributed by atoms with Crippen molar-refractivity contribution in [2.45, 2.75) is 0 Å². The van der Waals surface area contributed by atoms with Crippen LogP contribution in [0.3, 0.4) is 0 Å². The van der Waals surface area contributed by atoms with E-state index in [9.17, 15) is 0 Å². The summed E-state index contributed by atoms with van der Waals surface area (Å²) in [5, 5.41) is 0. The zero-order chi connectivity index (χ0) is 4.12. The molecule has 0 fully saturated rings. The molecule has 36 valence electrons. The van der Waals surface area contributed by atoms with Gasteiger partial charge in [0, 0.05) is 0 Å². The average Bonchev–Trinajstić information content (AvgIpc) is 1.41. The van der Waals surface area contributed by atoms with Crippen LogP contribution < -0.4 is 17.0 Å². The fourth-order valence-electron chi connectivity index (χ4n) is 0.0722. The van der Waals surface area contributed by atoms with Crippen molar-refractivity contribution in [1.29, 1.82) is 0 Å². The van der Waals surface area contributed by atoms with Gasteiger partial charge in [0.15, 0.2) is 0 Å². The van der Waals surface area contributed by atoms with E-state index in [1.54, 1.807) is 0 Å². The second-order valence-electron chi connectivity index (χ2n) is 0.483. The van der Waals surface area contributed by atoms with Gasteiger partial charge >= 0.3 is 23.1 Å². The molecular formula is C4H5BrMgO. The molecule has 0 aromatic carbocycles. The number of hydrogen-bond acceptors (Lipinski definition) is 1. The Hall–Kier alpha value is 0.566. The molecule has 0 unspecified atom stereocenters. The molecule has 0 aliphatic rings. The van der Waals surface area contributed by atoms with Crippen LogP contribution in [0.2, 0.25) is 0 Å². The molecule has 0 radical (unpaired) electrons. The van der Waals surface area contributed by atoms with Crippen LogP contribution in [0.1, 0.15) is 0 Å². The standard InChI is InChI=1S/C4H5O.BrH.Mg/c1-3-4-5-2;;/h1H2,2H3;1H;/q-1;;+2/p-1. The largest absolute Gasteiger partial charge is 2.00 e. The van der Waals surface area contributed by atoms with Gasteiger partial charge in [0.05, 0.1) is 7.11 Å². The fraction of sp³-hybridized carbons (Fsp3) is 0.250. The van der Waals surface area contributed by atoms with Crippen molar-refractivity contribution in [2.24, 2.45) is 0 Å². The first-order chi connectivity index (χ1) is 2.41. The quantitative estimate of drug-likeness (QED) is 0.182. The summed E-state index contributed by atoms with van der Waals surface area (Å²) in [6.07, 6.45) is 2.25. The molecule has 3 heteroatoms. The van der Waals surface area contributed by atoms with Crippen LogP contribution in [0.4, 0.5) is 0 Å². The number of hydrogen-bond donors (Lipinski definition) is 0. The van der Waals surface area contributed by atoms with Gasteiger partial charge in [-0.25, -0.2) is 6.58 Å². The molecule has 0 aliphatic carbocycles. The molecule has 7 heavy (non-hydrogen) atoms. The number of halogens is 1.